The first kappa shape index (κ1) is 17.3. The van der Waals surface area contributed by atoms with Gasteiger partial charge < -0.3 is 16.0 Å². The minimum absolute atomic E-state index is 0.105. The zero-order chi connectivity index (χ0) is 18.7. The number of nitrogens with two attached hydrogens (primary N) is 1. The van der Waals surface area contributed by atoms with Gasteiger partial charge in [0, 0.05) is 36.8 Å². The van der Waals surface area contributed by atoms with Crippen molar-refractivity contribution in [1.29, 1.82) is 0 Å². The van der Waals surface area contributed by atoms with Crippen LogP contribution in [0.2, 0.25) is 10.0 Å². The Bertz CT molecular complexity index is 934. The Morgan fingerprint density at radius 3 is 2.67 bits per heavy atom. The zero-order valence-electron chi connectivity index (χ0n) is 14.7. The van der Waals surface area contributed by atoms with Gasteiger partial charge in [-0.3, -0.25) is 9.78 Å². The molecule has 3 heterocycles. The molecule has 1 saturated carbocycles. The molecular weight excluding hydrogens is 383 g/mol. The third-order valence-electron chi connectivity index (χ3n) is 6.15. The number of carbonyl (C=O) groups is 1. The van der Waals surface area contributed by atoms with Crippen molar-refractivity contribution in [1.82, 2.24) is 10.3 Å². The number of benzene rings is 1. The molecule has 2 fully saturated rings. The predicted molar refractivity (Wildman–Crippen MR) is 107 cm³/mol. The highest BCUT2D eigenvalue weighted by molar-refractivity contribution is 6.43. The number of nitrogens with zero attached hydrogens (tertiary/aromatic N) is 2. The molecule has 0 bridgehead atoms. The standard InChI is InChI=1S/C20H20Cl2N4O/c21-15-3-1-2-13(18(15)22)19-17-14(6-25-20(17)27)16(7-24-19)26-8-10-4-12(23)5-11(10)9-26/h1-3,7,10-12H,4-6,8-9,23H2,(H,25,27). The lowest BCUT2D eigenvalue weighted by molar-refractivity contribution is 0.0966. The second-order valence-electron chi connectivity index (χ2n) is 7.79. The van der Waals surface area contributed by atoms with E-state index in [0.717, 1.165) is 37.2 Å². The normalized spacial score (nSPS) is 26.3. The summed E-state index contributed by atoms with van der Waals surface area (Å²) in [6, 6.07) is 5.74. The second-order valence-corrected chi connectivity index (χ2v) is 8.57. The Morgan fingerprint density at radius 1 is 1.19 bits per heavy atom. The third kappa shape index (κ3) is 2.72. The van der Waals surface area contributed by atoms with Crippen LogP contribution in [0.1, 0.15) is 28.8 Å². The van der Waals surface area contributed by atoms with Gasteiger partial charge in [-0.2, -0.15) is 0 Å². The highest BCUT2D eigenvalue weighted by atomic mass is 35.5. The van der Waals surface area contributed by atoms with Gasteiger partial charge in [-0.25, -0.2) is 0 Å². The van der Waals surface area contributed by atoms with Crippen LogP contribution < -0.4 is 16.0 Å². The molecule has 140 valence electrons. The Labute approximate surface area is 167 Å². The number of aromatic nitrogens is 1. The van der Waals surface area contributed by atoms with E-state index in [-0.39, 0.29) is 5.91 Å². The van der Waals surface area contributed by atoms with Gasteiger partial charge in [-0.05, 0) is 30.7 Å². The molecule has 2 atom stereocenters. The molecule has 1 aromatic heterocycles. The monoisotopic (exact) mass is 402 g/mol. The van der Waals surface area contributed by atoms with Crippen molar-refractivity contribution in [2.45, 2.75) is 25.4 Å². The summed E-state index contributed by atoms with van der Waals surface area (Å²) >= 11 is 12.6. The molecule has 7 heteroatoms. The van der Waals surface area contributed by atoms with E-state index in [4.69, 9.17) is 28.9 Å². The predicted octanol–water partition coefficient (Wildman–Crippen LogP) is 3.47. The van der Waals surface area contributed by atoms with Crippen LogP contribution in [0.15, 0.2) is 24.4 Å². The number of nitrogens with one attached hydrogen (secondary N) is 1. The van der Waals surface area contributed by atoms with Crippen LogP contribution in [-0.2, 0) is 6.54 Å². The van der Waals surface area contributed by atoms with Crippen LogP contribution in [0.25, 0.3) is 11.3 Å². The maximum absolute atomic E-state index is 12.6. The summed E-state index contributed by atoms with van der Waals surface area (Å²) in [7, 11) is 0. The highest BCUT2D eigenvalue weighted by Crippen LogP contribution is 2.43. The van der Waals surface area contributed by atoms with E-state index >= 15 is 0 Å². The third-order valence-corrected chi connectivity index (χ3v) is 6.97. The lowest BCUT2D eigenvalue weighted by Crippen LogP contribution is -2.26. The van der Waals surface area contributed by atoms with Gasteiger partial charge in [-0.15, -0.1) is 0 Å². The molecule has 1 aromatic carbocycles. The molecule has 2 aromatic rings. The summed E-state index contributed by atoms with van der Waals surface area (Å²) in [6.45, 7) is 2.48. The fourth-order valence-corrected chi connectivity index (χ4v) is 5.32. The molecule has 5 nitrogen and oxygen atoms in total. The molecule has 1 aliphatic carbocycles. The maximum Gasteiger partial charge on any atom is 0.254 e. The smallest absolute Gasteiger partial charge is 0.254 e. The largest absolute Gasteiger partial charge is 0.369 e. The van der Waals surface area contributed by atoms with Gasteiger partial charge >= 0.3 is 0 Å². The van der Waals surface area contributed by atoms with Crippen LogP contribution in [0.5, 0.6) is 0 Å². The van der Waals surface area contributed by atoms with E-state index in [9.17, 15) is 4.79 Å². The van der Waals surface area contributed by atoms with Gasteiger partial charge in [-0.1, -0.05) is 35.3 Å². The molecule has 3 N–H and O–H groups in total. The molecule has 27 heavy (non-hydrogen) atoms. The molecule has 1 amide bonds. The van der Waals surface area contributed by atoms with Crippen molar-refractivity contribution < 1.29 is 4.79 Å². The number of carbonyl (C=O) groups excluding carboxylic acids is 1. The van der Waals surface area contributed by atoms with Crippen LogP contribution in [-0.4, -0.2) is 30.0 Å². The first-order valence-electron chi connectivity index (χ1n) is 9.28. The van der Waals surface area contributed by atoms with Crippen LogP contribution >= 0.6 is 23.2 Å². The first-order valence-corrected chi connectivity index (χ1v) is 10.0. The van der Waals surface area contributed by atoms with E-state index in [2.05, 4.69) is 15.2 Å². The molecule has 3 aliphatic rings. The van der Waals surface area contributed by atoms with Crippen molar-refractivity contribution >= 4 is 34.8 Å². The Balaban J connectivity index is 1.57. The van der Waals surface area contributed by atoms with Crippen molar-refractivity contribution in [2.75, 3.05) is 18.0 Å². The van der Waals surface area contributed by atoms with Crippen molar-refractivity contribution in [3.63, 3.8) is 0 Å². The number of fused-ring (bicyclic) bond motifs is 2. The minimum atomic E-state index is -0.105. The fraction of sp³-hybridized carbons (Fsp3) is 0.400. The summed E-state index contributed by atoms with van der Waals surface area (Å²) in [5, 5.41) is 3.83. The van der Waals surface area contributed by atoms with Crippen molar-refractivity contribution in [3.8, 4) is 11.3 Å². The highest BCUT2D eigenvalue weighted by Gasteiger charge is 2.41. The van der Waals surface area contributed by atoms with Gasteiger partial charge in [0.1, 0.15) is 0 Å². The Morgan fingerprint density at radius 2 is 1.93 bits per heavy atom. The molecule has 0 radical (unpaired) electrons. The molecule has 1 saturated heterocycles. The van der Waals surface area contributed by atoms with E-state index in [1.54, 1.807) is 6.07 Å². The number of pyridine rings is 1. The number of anilines is 1. The Kier molecular flexibility index (Phi) is 4.08. The number of amides is 1. The van der Waals surface area contributed by atoms with Gasteiger partial charge in [0.05, 0.1) is 33.2 Å². The number of hydrogen-bond donors (Lipinski definition) is 2. The fourth-order valence-electron chi connectivity index (χ4n) is 4.93. The Hall–Kier alpha value is -1.82. The quantitative estimate of drug-likeness (QED) is 0.806. The molecular formula is C20H20Cl2N4O. The van der Waals surface area contributed by atoms with Gasteiger partial charge in [0.15, 0.2) is 0 Å². The second kappa shape index (κ2) is 6.36. The first-order chi connectivity index (χ1) is 13.0. The minimum Gasteiger partial charge on any atom is -0.369 e. The van der Waals surface area contributed by atoms with E-state index < -0.39 is 0 Å². The lowest BCUT2D eigenvalue weighted by atomic mass is 10.0. The van der Waals surface area contributed by atoms with Gasteiger partial charge in [0.2, 0.25) is 0 Å². The van der Waals surface area contributed by atoms with E-state index in [0.29, 0.717) is 51.3 Å². The number of rotatable bonds is 2. The van der Waals surface area contributed by atoms with Crippen molar-refractivity contribution in [3.05, 3.63) is 45.6 Å². The average molecular weight is 403 g/mol. The lowest BCUT2D eigenvalue weighted by Gasteiger charge is -2.23. The molecule has 0 spiro atoms. The van der Waals surface area contributed by atoms with E-state index in [1.807, 2.05) is 18.3 Å². The van der Waals surface area contributed by atoms with Crippen LogP contribution in [0.4, 0.5) is 5.69 Å². The molecule has 2 unspecified atom stereocenters. The number of hydrogen-bond acceptors (Lipinski definition) is 4. The van der Waals surface area contributed by atoms with Crippen LogP contribution in [0.3, 0.4) is 0 Å². The maximum atomic E-state index is 12.6. The molecule has 2 aliphatic heterocycles. The molecule has 5 rings (SSSR count). The summed E-state index contributed by atoms with van der Waals surface area (Å²) in [6.07, 6.45) is 4.06. The number of halogens is 2. The summed E-state index contributed by atoms with van der Waals surface area (Å²) in [5.74, 6) is 1.18. The van der Waals surface area contributed by atoms with E-state index in [1.165, 1.54) is 0 Å². The summed E-state index contributed by atoms with van der Waals surface area (Å²) in [4.78, 5) is 19.6. The topological polar surface area (TPSA) is 71.2 Å². The van der Waals surface area contributed by atoms with Gasteiger partial charge in [0.25, 0.3) is 5.91 Å². The average Bonchev–Trinajstić information content (AvgIpc) is 3.30. The SMILES string of the molecule is NC1CC2CN(c3cnc(-c4cccc(Cl)c4Cl)c4c3CNC4=O)CC2C1. The summed E-state index contributed by atoms with van der Waals surface area (Å²) < 4.78 is 0. The summed E-state index contributed by atoms with van der Waals surface area (Å²) in [5.41, 5.74) is 10.1. The zero-order valence-corrected chi connectivity index (χ0v) is 16.2. The van der Waals surface area contributed by atoms with Crippen molar-refractivity contribution in [2.24, 2.45) is 17.6 Å². The van der Waals surface area contributed by atoms with Crippen LogP contribution in [0, 0.1) is 11.8 Å².